The van der Waals surface area contributed by atoms with Gasteiger partial charge in [0.25, 0.3) is 11.5 Å². The van der Waals surface area contributed by atoms with E-state index in [1.807, 2.05) is 62.4 Å². The minimum absolute atomic E-state index is 0.113. The molecule has 1 aromatic heterocycles. The van der Waals surface area contributed by atoms with E-state index in [-0.39, 0.29) is 18.1 Å². The van der Waals surface area contributed by atoms with Crippen LogP contribution in [0.4, 0.5) is 5.69 Å². The maximum Gasteiger partial charge on any atom is 0.271 e. The van der Waals surface area contributed by atoms with Gasteiger partial charge in [-0.3, -0.25) is 14.2 Å². The van der Waals surface area contributed by atoms with E-state index in [2.05, 4.69) is 5.32 Å². The Morgan fingerprint density at radius 3 is 2.49 bits per heavy atom. The predicted molar refractivity (Wildman–Crippen MR) is 165 cm³/mol. The first-order valence-corrected chi connectivity index (χ1v) is 14.3. The summed E-state index contributed by atoms with van der Waals surface area (Å²) in [7, 11) is 3.09. The van der Waals surface area contributed by atoms with Gasteiger partial charge in [-0.2, -0.15) is 5.26 Å². The van der Waals surface area contributed by atoms with Gasteiger partial charge in [0.15, 0.2) is 22.9 Å². The van der Waals surface area contributed by atoms with Crippen LogP contribution >= 0.6 is 11.3 Å². The molecule has 0 radical (unpaired) electrons. The molecule has 0 saturated carbocycles. The summed E-state index contributed by atoms with van der Waals surface area (Å²) < 4.78 is 18.2. The first kappa shape index (κ1) is 29.4. The van der Waals surface area contributed by atoms with Crippen LogP contribution in [0.15, 0.2) is 81.7 Å². The number of amides is 1. The van der Waals surface area contributed by atoms with Gasteiger partial charge >= 0.3 is 0 Å². The van der Waals surface area contributed by atoms with Crippen molar-refractivity contribution in [3.05, 3.63) is 114 Å². The zero-order chi connectivity index (χ0) is 30.7. The number of fused-ring (bicyclic) bond motifs is 1. The van der Waals surface area contributed by atoms with Gasteiger partial charge in [0.1, 0.15) is 11.8 Å². The number of rotatable bonds is 8. The highest BCUT2D eigenvalue weighted by atomic mass is 32.1. The van der Waals surface area contributed by atoms with E-state index in [0.717, 1.165) is 16.7 Å². The number of hydrogen-bond donors (Lipinski definition) is 1. The zero-order valence-corrected chi connectivity index (χ0v) is 25.2. The zero-order valence-electron chi connectivity index (χ0n) is 24.4. The van der Waals surface area contributed by atoms with Crippen LogP contribution < -0.4 is 34.4 Å². The molecule has 43 heavy (non-hydrogen) atoms. The molecule has 9 nitrogen and oxygen atoms in total. The summed E-state index contributed by atoms with van der Waals surface area (Å²) in [5.41, 5.74) is 4.79. The fraction of sp³-hybridized carbons (Fsp3) is 0.212. The van der Waals surface area contributed by atoms with E-state index in [1.54, 1.807) is 42.9 Å². The SMILES string of the molecule is COc1ccc([C@H]2C(C(=O)Nc3ccc(C)cc3C)=C(C)N=c3s/c(=C/c4ccc(OCC#N)c(OC)c4)c(=O)n32)cc1. The van der Waals surface area contributed by atoms with Gasteiger partial charge in [0, 0.05) is 5.69 Å². The molecule has 0 aliphatic carbocycles. The Bertz CT molecular complexity index is 1970. The molecule has 3 aromatic carbocycles. The van der Waals surface area contributed by atoms with Gasteiger partial charge in [0.05, 0.1) is 36.1 Å². The molecule has 1 atom stereocenters. The molecule has 218 valence electrons. The van der Waals surface area contributed by atoms with Crippen LogP contribution in [0.3, 0.4) is 0 Å². The lowest BCUT2D eigenvalue weighted by molar-refractivity contribution is -0.113. The first-order valence-electron chi connectivity index (χ1n) is 13.5. The Labute approximate surface area is 252 Å². The molecule has 0 bridgehead atoms. The molecule has 0 saturated heterocycles. The first-order chi connectivity index (χ1) is 20.7. The van der Waals surface area contributed by atoms with E-state index in [1.165, 1.54) is 18.4 Å². The van der Waals surface area contributed by atoms with Crippen LogP contribution in [0.5, 0.6) is 17.2 Å². The molecule has 2 heterocycles. The number of thiazole rings is 1. The lowest BCUT2D eigenvalue weighted by Crippen LogP contribution is -2.40. The molecule has 1 aliphatic rings. The Balaban J connectivity index is 1.62. The standard InChI is InChI=1S/C33H30N4O5S/c1-19-6-12-25(20(2)16-19)36-31(38)29-21(3)35-33-37(30(29)23-8-10-24(40-4)11-9-23)32(39)28(43-33)18-22-7-13-26(42-15-14-34)27(17-22)41-5/h6-13,16-18,30H,15H2,1-5H3,(H,36,38)/b28-18+/t30-/m0/s1. The highest BCUT2D eigenvalue weighted by molar-refractivity contribution is 7.07. The number of aryl methyl sites for hydroxylation is 2. The van der Waals surface area contributed by atoms with Gasteiger partial charge in [-0.15, -0.1) is 0 Å². The largest absolute Gasteiger partial charge is 0.497 e. The Hall–Kier alpha value is -5.14. The van der Waals surface area contributed by atoms with Crippen molar-refractivity contribution in [2.24, 2.45) is 4.99 Å². The number of carbonyl (C=O) groups excluding carboxylic acids is 1. The second kappa shape index (κ2) is 12.4. The third kappa shape index (κ3) is 5.94. The van der Waals surface area contributed by atoms with E-state index in [0.29, 0.717) is 49.1 Å². The summed E-state index contributed by atoms with van der Waals surface area (Å²) in [5.74, 6) is 1.20. The van der Waals surface area contributed by atoms with Crippen LogP contribution in [-0.2, 0) is 4.79 Å². The van der Waals surface area contributed by atoms with E-state index < -0.39 is 6.04 Å². The van der Waals surface area contributed by atoms with E-state index in [9.17, 15) is 9.59 Å². The number of methoxy groups -OCH3 is 2. The number of hydrogen-bond acceptors (Lipinski definition) is 8. The second-order valence-corrected chi connectivity index (χ2v) is 11.0. The summed E-state index contributed by atoms with van der Waals surface area (Å²) >= 11 is 1.24. The Morgan fingerprint density at radius 2 is 1.81 bits per heavy atom. The van der Waals surface area contributed by atoms with Crippen LogP contribution in [0.1, 0.15) is 35.2 Å². The molecule has 0 fully saturated rings. The van der Waals surface area contributed by atoms with Crippen molar-refractivity contribution in [2.45, 2.75) is 26.8 Å². The molecule has 1 amide bonds. The maximum absolute atomic E-state index is 14.0. The number of ether oxygens (including phenoxy) is 3. The lowest BCUT2D eigenvalue weighted by atomic mass is 9.95. The van der Waals surface area contributed by atoms with Crippen molar-refractivity contribution in [1.29, 1.82) is 5.26 Å². The number of nitriles is 1. The van der Waals surface area contributed by atoms with Crippen LogP contribution in [0.25, 0.3) is 6.08 Å². The third-order valence-electron chi connectivity index (χ3n) is 7.11. The number of aromatic nitrogens is 1. The average molecular weight is 595 g/mol. The van der Waals surface area contributed by atoms with Gasteiger partial charge < -0.3 is 19.5 Å². The van der Waals surface area contributed by atoms with Gasteiger partial charge in [-0.1, -0.05) is 47.2 Å². The summed E-state index contributed by atoms with van der Waals surface area (Å²) in [6, 6.07) is 19.6. The fourth-order valence-corrected chi connectivity index (χ4v) is 6.06. The van der Waals surface area contributed by atoms with Crippen molar-refractivity contribution in [3.63, 3.8) is 0 Å². The van der Waals surface area contributed by atoms with Gasteiger partial charge in [-0.25, -0.2) is 4.99 Å². The minimum Gasteiger partial charge on any atom is -0.497 e. The Morgan fingerprint density at radius 1 is 1.05 bits per heavy atom. The Kier molecular flexibility index (Phi) is 8.46. The van der Waals surface area contributed by atoms with Crippen LogP contribution in [0.2, 0.25) is 0 Å². The summed E-state index contributed by atoms with van der Waals surface area (Å²) in [6.45, 7) is 5.61. The summed E-state index contributed by atoms with van der Waals surface area (Å²) in [6.07, 6.45) is 1.75. The lowest BCUT2D eigenvalue weighted by Gasteiger charge is -2.25. The molecule has 0 unspecified atom stereocenters. The third-order valence-corrected chi connectivity index (χ3v) is 8.09. The van der Waals surface area contributed by atoms with Crippen LogP contribution in [0, 0.1) is 25.2 Å². The van der Waals surface area contributed by atoms with Crippen molar-refractivity contribution in [2.75, 3.05) is 26.1 Å². The normalized spacial score (nSPS) is 14.4. The number of benzene rings is 3. The molecule has 0 spiro atoms. The highest BCUT2D eigenvalue weighted by Crippen LogP contribution is 2.32. The second-order valence-electron chi connectivity index (χ2n) is 9.98. The average Bonchev–Trinajstić information content (AvgIpc) is 3.30. The summed E-state index contributed by atoms with van der Waals surface area (Å²) in [4.78, 5) is 33.1. The quantitative estimate of drug-likeness (QED) is 0.323. The van der Waals surface area contributed by atoms with Gasteiger partial charge in [-0.05, 0) is 73.9 Å². The number of anilines is 1. The van der Waals surface area contributed by atoms with Crippen LogP contribution in [-0.4, -0.2) is 31.3 Å². The fourth-order valence-electron chi connectivity index (χ4n) is 5.01. The molecular formula is C33H30N4O5S. The highest BCUT2D eigenvalue weighted by Gasteiger charge is 2.32. The molecule has 5 rings (SSSR count). The number of nitrogens with zero attached hydrogens (tertiary/aromatic N) is 3. The molecule has 1 N–H and O–H groups in total. The van der Waals surface area contributed by atoms with Crippen molar-refractivity contribution >= 4 is 29.0 Å². The number of allylic oxidation sites excluding steroid dienone is 1. The maximum atomic E-state index is 14.0. The summed E-state index contributed by atoms with van der Waals surface area (Å²) in [5, 5.41) is 11.9. The number of carbonyl (C=O) groups is 1. The van der Waals surface area contributed by atoms with Crippen molar-refractivity contribution < 1.29 is 19.0 Å². The molecule has 4 aromatic rings. The molecule has 10 heteroatoms. The number of nitrogens with one attached hydrogen (secondary N) is 1. The van der Waals surface area contributed by atoms with E-state index in [4.69, 9.17) is 24.5 Å². The smallest absolute Gasteiger partial charge is 0.271 e. The predicted octanol–water partition coefficient (Wildman–Crippen LogP) is 4.41. The monoisotopic (exact) mass is 594 g/mol. The molecule has 1 aliphatic heterocycles. The van der Waals surface area contributed by atoms with Crippen molar-refractivity contribution in [1.82, 2.24) is 4.57 Å². The van der Waals surface area contributed by atoms with E-state index >= 15 is 0 Å². The topological polar surface area (TPSA) is 115 Å². The molecular weight excluding hydrogens is 564 g/mol. The minimum atomic E-state index is -0.716. The van der Waals surface area contributed by atoms with Gasteiger partial charge in [0.2, 0.25) is 0 Å². The van der Waals surface area contributed by atoms with Crippen molar-refractivity contribution in [3.8, 4) is 23.3 Å².